The fraction of sp³-hybridized carbons (Fsp3) is 0.333. The molecule has 0 aromatic heterocycles. The molecule has 1 rings (SSSR count). The zero-order chi connectivity index (χ0) is 12.0. The molecular formula is C12H13NO3. The van der Waals surface area contributed by atoms with E-state index in [-0.39, 0.29) is 18.6 Å². The molecule has 1 aromatic rings. The van der Waals surface area contributed by atoms with Crippen LogP contribution in [0.1, 0.15) is 23.2 Å². The Bertz CT molecular complexity index is 421. The van der Waals surface area contributed by atoms with Gasteiger partial charge in [-0.05, 0) is 18.2 Å². The molecule has 1 aromatic carbocycles. The van der Waals surface area contributed by atoms with Crippen molar-refractivity contribution in [1.29, 1.82) is 5.26 Å². The second-order valence-electron chi connectivity index (χ2n) is 3.15. The average Bonchev–Trinajstić information content (AvgIpc) is 2.34. The molecule has 4 nitrogen and oxygen atoms in total. The molecule has 0 bridgehead atoms. The first-order chi connectivity index (χ1) is 7.72. The van der Waals surface area contributed by atoms with Gasteiger partial charge in [-0.3, -0.25) is 4.79 Å². The van der Waals surface area contributed by atoms with Crippen LogP contribution in [0.2, 0.25) is 0 Å². The zero-order valence-corrected chi connectivity index (χ0v) is 9.32. The second-order valence-corrected chi connectivity index (χ2v) is 3.15. The number of methoxy groups -OCH3 is 2. The number of Topliss-reactive ketones (excluding diaryl/α,β-unsaturated/α-hetero) is 1. The average molecular weight is 219 g/mol. The fourth-order valence-corrected chi connectivity index (χ4v) is 1.32. The fourth-order valence-electron chi connectivity index (χ4n) is 1.32. The summed E-state index contributed by atoms with van der Waals surface area (Å²) < 4.78 is 10.2. The van der Waals surface area contributed by atoms with Gasteiger partial charge in [-0.2, -0.15) is 5.26 Å². The van der Waals surface area contributed by atoms with E-state index in [1.807, 2.05) is 6.07 Å². The molecule has 0 heterocycles. The van der Waals surface area contributed by atoms with Gasteiger partial charge in [-0.25, -0.2) is 0 Å². The number of benzene rings is 1. The normalized spacial score (nSPS) is 9.31. The van der Waals surface area contributed by atoms with Crippen molar-refractivity contribution in [2.24, 2.45) is 0 Å². The van der Waals surface area contributed by atoms with E-state index < -0.39 is 0 Å². The summed E-state index contributed by atoms with van der Waals surface area (Å²) >= 11 is 0. The lowest BCUT2D eigenvalue weighted by Crippen LogP contribution is -2.00. The van der Waals surface area contributed by atoms with E-state index in [9.17, 15) is 4.79 Å². The molecule has 0 fully saturated rings. The number of nitriles is 1. The first-order valence-corrected chi connectivity index (χ1v) is 4.85. The first-order valence-electron chi connectivity index (χ1n) is 4.85. The molecule has 0 aliphatic heterocycles. The van der Waals surface area contributed by atoms with Crippen LogP contribution in [-0.2, 0) is 0 Å². The third kappa shape index (κ3) is 2.74. The van der Waals surface area contributed by atoms with Gasteiger partial charge < -0.3 is 9.47 Å². The summed E-state index contributed by atoms with van der Waals surface area (Å²) in [6, 6.07) is 6.91. The van der Waals surface area contributed by atoms with Crippen LogP contribution in [0.3, 0.4) is 0 Å². The van der Waals surface area contributed by atoms with Crippen molar-refractivity contribution in [3.05, 3.63) is 23.8 Å². The van der Waals surface area contributed by atoms with E-state index >= 15 is 0 Å². The highest BCUT2D eigenvalue weighted by Gasteiger charge is 2.10. The van der Waals surface area contributed by atoms with Crippen LogP contribution in [0.4, 0.5) is 0 Å². The van der Waals surface area contributed by atoms with Crippen LogP contribution in [-0.4, -0.2) is 20.0 Å². The van der Waals surface area contributed by atoms with Crippen molar-refractivity contribution < 1.29 is 14.3 Å². The van der Waals surface area contributed by atoms with Gasteiger partial charge in [-0.1, -0.05) is 0 Å². The molecule has 0 radical (unpaired) electrons. The summed E-state index contributed by atoms with van der Waals surface area (Å²) in [5, 5.41) is 8.40. The van der Waals surface area contributed by atoms with Crippen molar-refractivity contribution in [3.8, 4) is 17.6 Å². The molecule has 0 atom stereocenters. The minimum atomic E-state index is -0.0671. The molecule has 84 valence electrons. The summed E-state index contributed by atoms with van der Waals surface area (Å²) in [6.07, 6.45) is 0.458. The Balaban J connectivity index is 2.91. The molecule has 0 unspecified atom stereocenters. The van der Waals surface area contributed by atoms with Crippen LogP contribution < -0.4 is 9.47 Å². The van der Waals surface area contributed by atoms with E-state index in [1.54, 1.807) is 18.2 Å². The number of carbonyl (C=O) groups excluding carboxylic acids is 1. The summed E-state index contributed by atoms with van der Waals surface area (Å²) in [5.74, 6) is 1.03. The molecule has 16 heavy (non-hydrogen) atoms. The van der Waals surface area contributed by atoms with Crippen LogP contribution in [0, 0.1) is 11.3 Å². The number of hydrogen-bond acceptors (Lipinski definition) is 4. The summed E-state index contributed by atoms with van der Waals surface area (Å²) in [5.41, 5.74) is 0.535. The highest BCUT2D eigenvalue weighted by Crippen LogP contribution is 2.28. The molecular weight excluding hydrogens is 206 g/mol. The summed E-state index contributed by atoms with van der Waals surface area (Å²) in [4.78, 5) is 11.6. The highest BCUT2D eigenvalue weighted by molar-refractivity contribution is 5.96. The zero-order valence-electron chi connectivity index (χ0n) is 9.32. The molecule has 0 saturated carbocycles. The third-order valence-corrected chi connectivity index (χ3v) is 2.17. The van der Waals surface area contributed by atoms with Crippen LogP contribution >= 0.6 is 0 Å². The van der Waals surface area contributed by atoms with Crippen molar-refractivity contribution in [1.82, 2.24) is 0 Å². The lowest BCUT2D eigenvalue weighted by molar-refractivity contribution is 0.0983. The number of ketones is 1. The molecule has 0 spiro atoms. The smallest absolute Gasteiger partial charge is 0.164 e. The molecule has 0 amide bonds. The maximum Gasteiger partial charge on any atom is 0.164 e. The summed E-state index contributed by atoms with van der Waals surface area (Å²) in [6.45, 7) is 0. The number of carbonyl (C=O) groups is 1. The van der Waals surface area contributed by atoms with Gasteiger partial charge in [0, 0.05) is 18.4 Å². The molecule has 0 N–H and O–H groups in total. The van der Waals surface area contributed by atoms with Gasteiger partial charge in [0.1, 0.15) is 0 Å². The van der Waals surface area contributed by atoms with E-state index in [0.717, 1.165) is 0 Å². The molecule has 4 heteroatoms. The van der Waals surface area contributed by atoms with Gasteiger partial charge >= 0.3 is 0 Å². The predicted molar refractivity (Wildman–Crippen MR) is 58.7 cm³/mol. The van der Waals surface area contributed by atoms with E-state index in [4.69, 9.17) is 14.7 Å². The Kier molecular flexibility index (Phi) is 4.34. The Morgan fingerprint density at radius 2 is 2.00 bits per heavy atom. The number of rotatable bonds is 5. The molecule has 0 saturated heterocycles. The van der Waals surface area contributed by atoms with Gasteiger partial charge in [-0.15, -0.1) is 0 Å². The number of hydrogen-bond donors (Lipinski definition) is 0. The van der Waals surface area contributed by atoms with Crippen LogP contribution in [0.25, 0.3) is 0 Å². The SMILES string of the molecule is COc1ccc(C(=O)CCC#N)cc1OC. The van der Waals surface area contributed by atoms with Gasteiger partial charge in [0.15, 0.2) is 17.3 Å². The highest BCUT2D eigenvalue weighted by atomic mass is 16.5. The van der Waals surface area contributed by atoms with Crippen LogP contribution in [0.5, 0.6) is 11.5 Å². The second kappa shape index (κ2) is 5.76. The van der Waals surface area contributed by atoms with Crippen molar-refractivity contribution in [2.75, 3.05) is 14.2 Å². The van der Waals surface area contributed by atoms with Crippen LogP contribution in [0.15, 0.2) is 18.2 Å². The lowest BCUT2D eigenvalue weighted by Gasteiger charge is -2.08. The quantitative estimate of drug-likeness (QED) is 0.712. The number of ether oxygens (including phenoxy) is 2. The monoisotopic (exact) mass is 219 g/mol. The van der Waals surface area contributed by atoms with E-state index in [0.29, 0.717) is 17.1 Å². The standard InChI is InChI=1S/C12H13NO3/c1-15-11-6-5-9(8-12(11)16-2)10(14)4-3-7-13/h5-6,8H,3-4H2,1-2H3. The first kappa shape index (κ1) is 12.1. The van der Waals surface area contributed by atoms with Gasteiger partial charge in [0.2, 0.25) is 0 Å². The maximum absolute atomic E-state index is 11.6. The lowest BCUT2D eigenvalue weighted by atomic mass is 10.1. The molecule has 0 aliphatic rings. The summed E-state index contributed by atoms with van der Waals surface area (Å²) in [7, 11) is 3.05. The van der Waals surface area contributed by atoms with Gasteiger partial charge in [0.25, 0.3) is 0 Å². The number of nitrogens with zero attached hydrogens (tertiary/aromatic N) is 1. The van der Waals surface area contributed by atoms with Crippen molar-refractivity contribution >= 4 is 5.78 Å². The Labute approximate surface area is 94.4 Å². The van der Waals surface area contributed by atoms with E-state index in [1.165, 1.54) is 14.2 Å². The minimum Gasteiger partial charge on any atom is -0.493 e. The molecule has 0 aliphatic carbocycles. The van der Waals surface area contributed by atoms with Gasteiger partial charge in [0.05, 0.1) is 20.3 Å². The predicted octanol–water partition coefficient (Wildman–Crippen LogP) is 2.19. The Hall–Kier alpha value is -2.02. The van der Waals surface area contributed by atoms with Crippen molar-refractivity contribution in [3.63, 3.8) is 0 Å². The largest absolute Gasteiger partial charge is 0.493 e. The Morgan fingerprint density at radius 1 is 1.31 bits per heavy atom. The third-order valence-electron chi connectivity index (χ3n) is 2.17. The van der Waals surface area contributed by atoms with Crippen molar-refractivity contribution in [2.45, 2.75) is 12.8 Å². The minimum absolute atomic E-state index is 0.0671. The van der Waals surface area contributed by atoms with E-state index in [2.05, 4.69) is 0 Å². The maximum atomic E-state index is 11.6. The Morgan fingerprint density at radius 3 is 2.56 bits per heavy atom. The topological polar surface area (TPSA) is 59.3 Å².